The summed E-state index contributed by atoms with van der Waals surface area (Å²) in [7, 11) is 0. The lowest BCUT2D eigenvalue weighted by Crippen LogP contribution is -2.33. The highest BCUT2D eigenvalue weighted by Gasteiger charge is 2.33. The summed E-state index contributed by atoms with van der Waals surface area (Å²) in [4.78, 5) is 7.24. The Hall–Kier alpha value is -0.910. The summed E-state index contributed by atoms with van der Waals surface area (Å²) in [6, 6.07) is 0. The van der Waals surface area contributed by atoms with E-state index in [1.165, 1.54) is 10.4 Å². The molecule has 7 nitrogen and oxygen atoms in total. The maximum absolute atomic E-state index is 6.16. The highest BCUT2D eigenvalue weighted by atomic mass is 32.2. The lowest BCUT2D eigenvalue weighted by Gasteiger charge is -2.33. The van der Waals surface area contributed by atoms with Crippen LogP contribution in [0.25, 0.3) is 15.9 Å². The second kappa shape index (κ2) is 9.30. The van der Waals surface area contributed by atoms with Gasteiger partial charge in [-0.1, -0.05) is 30.4 Å². The van der Waals surface area contributed by atoms with Gasteiger partial charge in [0.1, 0.15) is 4.83 Å². The van der Waals surface area contributed by atoms with Crippen molar-refractivity contribution in [1.29, 1.82) is 0 Å². The van der Waals surface area contributed by atoms with Gasteiger partial charge in [-0.2, -0.15) is 0 Å². The molecule has 1 aliphatic heterocycles. The molecule has 0 N–H and O–H groups in total. The molecule has 1 atom stereocenters. The Balaban J connectivity index is 1.76. The normalized spacial score (nSPS) is 19.3. The second-order valence-electron chi connectivity index (χ2n) is 7.34. The molecular weight excluding hydrogens is 440 g/mol. The fraction of sp³-hybridized carbons (Fsp3) is 0.650. The van der Waals surface area contributed by atoms with Crippen molar-refractivity contribution in [2.75, 3.05) is 25.2 Å². The number of aromatic nitrogens is 4. The molecule has 0 spiro atoms. The molecule has 0 unspecified atom stereocenters. The molecule has 3 aromatic rings. The predicted molar refractivity (Wildman–Crippen MR) is 123 cm³/mol. The number of hydrogen-bond donors (Lipinski definition) is 0. The molecule has 0 bridgehead atoms. The Labute approximate surface area is 189 Å². The van der Waals surface area contributed by atoms with Crippen molar-refractivity contribution in [2.45, 2.75) is 69.3 Å². The summed E-state index contributed by atoms with van der Waals surface area (Å²) in [6.45, 7) is 10.2. The fourth-order valence-electron chi connectivity index (χ4n) is 3.63. The summed E-state index contributed by atoms with van der Waals surface area (Å²) in [5, 5.41) is 12.0. The highest BCUT2D eigenvalue weighted by molar-refractivity contribution is 7.99. The van der Waals surface area contributed by atoms with Crippen LogP contribution in [0.4, 0.5) is 0 Å². The van der Waals surface area contributed by atoms with Crippen LogP contribution in [-0.2, 0) is 27.2 Å². The molecule has 0 aliphatic carbocycles. The van der Waals surface area contributed by atoms with Crippen LogP contribution in [0.2, 0.25) is 0 Å². The smallest absolute Gasteiger partial charge is 0.197 e. The van der Waals surface area contributed by atoms with E-state index in [-0.39, 0.29) is 11.9 Å². The van der Waals surface area contributed by atoms with Crippen molar-refractivity contribution in [3.8, 4) is 0 Å². The first-order valence-electron chi connectivity index (χ1n) is 10.3. The standard InChI is InChI=1S/C20H28N4O3S3/c1-6-20(4)9-12-13(10-27-20)30-17-15(12)16-22-23-19(24(16)18(21-17)28-5)29-11-14(25-7-2)26-8-3/h14H,6-11H2,1-5H3/t20-/m0/s1. The van der Waals surface area contributed by atoms with Gasteiger partial charge < -0.3 is 14.2 Å². The van der Waals surface area contributed by atoms with E-state index in [1.54, 1.807) is 34.9 Å². The zero-order valence-electron chi connectivity index (χ0n) is 18.1. The van der Waals surface area contributed by atoms with Gasteiger partial charge in [-0.3, -0.25) is 0 Å². The molecule has 1 aliphatic rings. The zero-order valence-corrected chi connectivity index (χ0v) is 20.5. The van der Waals surface area contributed by atoms with Crippen molar-refractivity contribution in [3.05, 3.63) is 10.4 Å². The molecule has 0 radical (unpaired) electrons. The maximum Gasteiger partial charge on any atom is 0.197 e. The van der Waals surface area contributed by atoms with E-state index in [9.17, 15) is 0 Å². The minimum atomic E-state index is -0.261. The fourth-order valence-corrected chi connectivity index (χ4v) is 6.26. The van der Waals surface area contributed by atoms with Gasteiger partial charge in [0.05, 0.1) is 23.3 Å². The van der Waals surface area contributed by atoms with E-state index < -0.39 is 0 Å². The zero-order chi connectivity index (χ0) is 21.3. The van der Waals surface area contributed by atoms with Gasteiger partial charge in [0.15, 0.2) is 22.3 Å². The van der Waals surface area contributed by atoms with Crippen molar-refractivity contribution in [1.82, 2.24) is 19.6 Å². The molecule has 0 saturated carbocycles. The Bertz CT molecular complexity index is 1030. The van der Waals surface area contributed by atoms with Crippen LogP contribution < -0.4 is 0 Å². The van der Waals surface area contributed by atoms with E-state index in [2.05, 4.69) is 28.4 Å². The molecule has 10 heteroatoms. The molecule has 0 amide bonds. The number of fused-ring (bicyclic) bond motifs is 5. The van der Waals surface area contributed by atoms with Gasteiger partial charge in [0, 0.05) is 24.5 Å². The Morgan fingerprint density at radius 3 is 2.63 bits per heavy atom. The molecule has 4 heterocycles. The van der Waals surface area contributed by atoms with Crippen LogP contribution in [0.1, 0.15) is 44.6 Å². The van der Waals surface area contributed by atoms with Crippen molar-refractivity contribution in [2.24, 2.45) is 0 Å². The largest absolute Gasteiger partial charge is 0.369 e. The van der Waals surface area contributed by atoms with Crippen molar-refractivity contribution < 1.29 is 14.2 Å². The molecule has 0 saturated heterocycles. The molecule has 3 aromatic heterocycles. The average molecular weight is 469 g/mol. The lowest BCUT2D eigenvalue weighted by atomic mass is 9.90. The first kappa shape index (κ1) is 22.3. The topological polar surface area (TPSA) is 70.8 Å². The monoisotopic (exact) mass is 468 g/mol. The average Bonchev–Trinajstić information content (AvgIpc) is 3.32. The maximum atomic E-state index is 6.16. The van der Waals surface area contributed by atoms with Crippen LogP contribution in [0, 0.1) is 0 Å². The first-order valence-corrected chi connectivity index (χ1v) is 13.3. The SMILES string of the molecule is CCOC(CSc1nnc2c3c4c(sc3nc(SC)n12)CO[C@@](C)(CC)C4)OCC. The van der Waals surface area contributed by atoms with E-state index >= 15 is 0 Å². The molecule has 4 rings (SSSR count). The highest BCUT2D eigenvalue weighted by Crippen LogP contribution is 2.42. The van der Waals surface area contributed by atoms with Gasteiger partial charge in [-0.15, -0.1) is 21.5 Å². The van der Waals surface area contributed by atoms with E-state index in [1.807, 2.05) is 20.1 Å². The van der Waals surface area contributed by atoms with Crippen LogP contribution in [-0.4, -0.2) is 56.7 Å². The van der Waals surface area contributed by atoms with Gasteiger partial charge in [-0.25, -0.2) is 9.38 Å². The second-order valence-corrected chi connectivity index (χ2v) is 10.2. The Morgan fingerprint density at radius 1 is 1.20 bits per heavy atom. The van der Waals surface area contributed by atoms with E-state index in [4.69, 9.17) is 19.2 Å². The van der Waals surface area contributed by atoms with E-state index in [0.717, 1.165) is 39.0 Å². The minimum absolute atomic E-state index is 0.143. The summed E-state index contributed by atoms with van der Waals surface area (Å²) in [6.07, 6.45) is 3.63. The van der Waals surface area contributed by atoms with Gasteiger partial charge in [-0.05, 0) is 39.0 Å². The number of rotatable bonds is 9. The predicted octanol–water partition coefficient (Wildman–Crippen LogP) is 4.79. The van der Waals surface area contributed by atoms with Gasteiger partial charge >= 0.3 is 0 Å². The van der Waals surface area contributed by atoms with Crippen LogP contribution in [0.5, 0.6) is 0 Å². The number of ether oxygens (including phenoxy) is 3. The van der Waals surface area contributed by atoms with Crippen LogP contribution in [0.15, 0.2) is 10.3 Å². The number of nitrogens with zero attached hydrogens (tertiary/aromatic N) is 4. The summed E-state index contributed by atoms with van der Waals surface area (Å²) in [5.41, 5.74) is 2.06. The summed E-state index contributed by atoms with van der Waals surface area (Å²) in [5.74, 6) is 0.651. The summed E-state index contributed by atoms with van der Waals surface area (Å²) >= 11 is 4.92. The number of thioether (sulfide) groups is 2. The van der Waals surface area contributed by atoms with Gasteiger partial charge in [0.2, 0.25) is 0 Å². The third kappa shape index (κ3) is 4.10. The molecule has 30 heavy (non-hydrogen) atoms. The van der Waals surface area contributed by atoms with Crippen LogP contribution >= 0.6 is 34.9 Å². The summed E-state index contributed by atoms with van der Waals surface area (Å²) < 4.78 is 19.6. The quantitative estimate of drug-likeness (QED) is 0.252. The molecule has 164 valence electrons. The molecule has 0 fully saturated rings. The molecular formula is C20H28N4O3S3. The van der Waals surface area contributed by atoms with Crippen molar-refractivity contribution >= 4 is 50.7 Å². The third-order valence-corrected chi connectivity index (χ3v) is 8.10. The van der Waals surface area contributed by atoms with E-state index in [0.29, 0.717) is 25.6 Å². The van der Waals surface area contributed by atoms with Gasteiger partial charge in [0.25, 0.3) is 0 Å². The first-order chi connectivity index (χ1) is 14.5. The lowest BCUT2D eigenvalue weighted by molar-refractivity contribution is -0.120. The number of hydrogen-bond acceptors (Lipinski definition) is 9. The Kier molecular flexibility index (Phi) is 6.91. The van der Waals surface area contributed by atoms with Crippen molar-refractivity contribution in [3.63, 3.8) is 0 Å². The number of thiophene rings is 1. The third-order valence-electron chi connectivity index (χ3n) is 5.40. The Morgan fingerprint density at radius 2 is 1.97 bits per heavy atom. The van der Waals surface area contributed by atoms with Crippen LogP contribution in [0.3, 0.4) is 0 Å². The minimum Gasteiger partial charge on any atom is -0.369 e. The molecule has 0 aromatic carbocycles.